The first kappa shape index (κ1) is 20.8. The van der Waals surface area contributed by atoms with Crippen LogP contribution in [0.4, 0.5) is 19.0 Å². The fourth-order valence-electron chi connectivity index (χ4n) is 3.34. The average Bonchev–Trinajstić information content (AvgIpc) is 3.10. The van der Waals surface area contributed by atoms with Crippen molar-refractivity contribution in [1.82, 2.24) is 24.1 Å². The molecule has 1 saturated heterocycles. The Bertz CT molecular complexity index is 1210. The van der Waals surface area contributed by atoms with Crippen molar-refractivity contribution in [3.63, 3.8) is 0 Å². The minimum atomic E-state index is -4.49. The zero-order valence-corrected chi connectivity index (χ0v) is 17.2. The molecule has 1 aliphatic heterocycles. The molecule has 0 unspecified atom stereocenters. The van der Waals surface area contributed by atoms with Gasteiger partial charge in [0.05, 0.1) is 29.1 Å². The average molecular weight is 461 g/mol. The number of piperazine rings is 1. The van der Waals surface area contributed by atoms with E-state index in [0.29, 0.717) is 24.3 Å². The molecule has 160 valence electrons. The number of alkyl halides is 3. The number of rotatable bonds is 3. The number of benzene rings is 1. The van der Waals surface area contributed by atoms with E-state index in [2.05, 4.69) is 15.1 Å². The van der Waals surface area contributed by atoms with Crippen molar-refractivity contribution in [2.45, 2.75) is 6.18 Å². The van der Waals surface area contributed by atoms with E-state index in [4.69, 9.17) is 11.6 Å². The van der Waals surface area contributed by atoms with Crippen molar-refractivity contribution >= 4 is 38.5 Å². The van der Waals surface area contributed by atoms with Gasteiger partial charge < -0.3 is 4.90 Å². The second kappa shape index (κ2) is 7.36. The zero-order chi connectivity index (χ0) is 21.7. The summed E-state index contributed by atoms with van der Waals surface area (Å²) in [5, 5.41) is 4.61. The predicted octanol–water partition coefficient (Wildman–Crippen LogP) is 2.57. The van der Waals surface area contributed by atoms with E-state index in [-0.39, 0.29) is 29.7 Å². The van der Waals surface area contributed by atoms with Crippen molar-refractivity contribution in [3.05, 3.63) is 41.3 Å². The Morgan fingerprint density at radius 3 is 2.43 bits per heavy atom. The van der Waals surface area contributed by atoms with E-state index in [1.807, 2.05) is 4.90 Å². The highest BCUT2D eigenvalue weighted by Crippen LogP contribution is 2.32. The topological polar surface area (TPSA) is 84.2 Å². The summed E-state index contributed by atoms with van der Waals surface area (Å²) < 4.78 is 65.3. The maximum Gasteiger partial charge on any atom is 0.416 e. The van der Waals surface area contributed by atoms with Crippen LogP contribution in [0.15, 0.2) is 30.5 Å². The first-order valence-electron chi connectivity index (χ1n) is 8.83. The van der Waals surface area contributed by atoms with Crippen LogP contribution in [0.25, 0.3) is 16.7 Å². The molecule has 0 atom stereocenters. The molecule has 4 rings (SSSR count). The second-order valence-corrected chi connectivity index (χ2v) is 9.13. The van der Waals surface area contributed by atoms with Gasteiger partial charge in [-0.1, -0.05) is 6.07 Å². The molecule has 13 heteroatoms. The Balaban J connectivity index is 1.73. The zero-order valence-electron chi connectivity index (χ0n) is 15.6. The summed E-state index contributed by atoms with van der Waals surface area (Å²) in [4.78, 5) is 10.3. The van der Waals surface area contributed by atoms with Crippen LogP contribution in [0.2, 0.25) is 5.28 Å². The van der Waals surface area contributed by atoms with Gasteiger partial charge in [0.25, 0.3) is 0 Å². The van der Waals surface area contributed by atoms with Crippen molar-refractivity contribution in [2.24, 2.45) is 0 Å². The quantitative estimate of drug-likeness (QED) is 0.559. The van der Waals surface area contributed by atoms with Crippen LogP contribution < -0.4 is 4.90 Å². The van der Waals surface area contributed by atoms with Gasteiger partial charge in [-0.05, 0) is 29.8 Å². The van der Waals surface area contributed by atoms with Crippen LogP contribution in [0.3, 0.4) is 0 Å². The van der Waals surface area contributed by atoms with Gasteiger partial charge in [0.2, 0.25) is 15.3 Å². The lowest BCUT2D eigenvalue weighted by atomic mass is 10.2. The SMILES string of the molecule is CS(=O)(=O)N1CCN(c2nc(Cl)nc3c2cnn3-c2cccc(C(F)(F)F)c2)CC1. The number of fused-ring (bicyclic) bond motifs is 1. The lowest BCUT2D eigenvalue weighted by Gasteiger charge is -2.34. The summed E-state index contributed by atoms with van der Waals surface area (Å²) in [5.74, 6) is 0.455. The highest BCUT2D eigenvalue weighted by Gasteiger charge is 2.31. The molecule has 8 nitrogen and oxygen atoms in total. The molecule has 2 aromatic heterocycles. The van der Waals surface area contributed by atoms with Gasteiger partial charge in [-0.25, -0.2) is 13.1 Å². The summed E-state index contributed by atoms with van der Waals surface area (Å²) in [7, 11) is -3.29. The van der Waals surface area contributed by atoms with Crippen LogP contribution in [0, 0.1) is 0 Å². The summed E-state index contributed by atoms with van der Waals surface area (Å²) in [6.45, 7) is 1.32. The van der Waals surface area contributed by atoms with Gasteiger partial charge in [0.1, 0.15) is 5.82 Å². The van der Waals surface area contributed by atoms with Crippen LogP contribution in [-0.4, -0.2) is 64.9 Å². The van der Waals surface area contributed by atoms with Gasteiger partial charge in [0.15, 0.2) is 5.65 Å². The Labute approximate surface area is 174 Å². The van der Waals surface area contributed by atoms with E-state index < -0.39 is 21.8 Å². The van der Waals surface area contributed by atoms with Gasteiger partial charge in [0, 0.05) is 26.2 Å². The third-order valence-electron chi connectivity index (χ3n) is 4.81. The van der Waals surface area contributed by atoms with Crippen LogP contribution in [0.1, 0.15) is 5.56 Å². The van der Waals surface area contributed by atoms with Crippen molar-refractivity contribution in [2.75, 3.05) is 37.3 Å². The second-order valence-electron chi connectivity index (χ2n) is 6.81. The molecule has 1 aromatic carbocycles. The monoisotopic (exact) mass is 460 g/mol. The molecule has 0 aliphatic carbocycles. The van der Waals surface area contributed by atoms with Gasteiger partial charge in [-0.2, -0.15) is 32.5 Å². The Morgan fingerprint density at radius 1 is 1.10 bits per heavy atom. The Hall–Kier alpha value is -2.44. The number of anilines is 1. The van der Waals surface area contributed by atoms with Crippen LogP contribution in [0.5, 0.6) is 0 Å². The maximum absolute atomic E-state index is 13.1. The number of aromatic nitrogens is 4. The molecule has 0 spiro atoms. The Morgan fingerprint density at radius 2 is 1.80 bits per heavy atom. The molecule has 0 bridgehead atoms. The van der Waals surface area contributed by atoms with E-state index in [9.17, 15) is 21.6 Å². The molecular formula is C17H16ClF3N6O2S. The minimum absolute atomic E-state index is 0.0863. The standard InChI is InChI=1S/C17H16ClF3N6O2S/c1-30(28,29)26-7-5-25(6-8-26)14-13-10-22-27(15(13)24-16(18)23-14)12-4-2-3-11(9-12)17(19,20)21/h2-4,9-10H,5-8H2,1H3. The smallest absolute Gasteiger partial charge is 0.353 e. The first-order chi connectivity index (χ1) is 14.0. The van der Waals surface area contributed by atoms with E-state index in [1.165, 1.54) is 27.3 Å². The largest absolute Gasteiger partial charge is 0.416 e. The summed E-state index contributed by atoms with van der Waals surface area (Å²) in [5.41, 5.74) is -0.363. The Kier molecular flexibility index (Phi) is 5.11. The molecule has 0 saturated carbocycles. The van der Waals surface area contributed by atoms with Gasteiger partial charge >= 0.3 is 6.18 Å². The van der Waals surface area contributed by atoms with Crippen molar-refractivity contribution < 1.29 is 21.6 Å². The number of nitrogens with zero attached hydrogens (tertiary/aromatic N) is 6. The molecular weight excluding hydrogens is 445 g/mol. The maximum atomic E-state index is 13.1. The lowest BCUT2D eigenvalue weighted by Crippen LogP contribution is -2.48. The third-order valence-corrected chi connectivity index (χ3v) is 6.28. The fraction of sp³-hybridized carbons (Fsp3) is 0.353. The molecule has 0 N–H and O–H groups in total. The highest BCUT2D eigenvalue weighted by atomic mass is 35.5. The number of hydrogen-bond donors (Lipinski definition) is 0. The highest BCUT2D eigenvalue weighted by molar-refractivity contribution is 7.88. The molecule has 3 heterocycles. The number of sulfonamides is 1. The number of halogens is 4. The summed E-state index contributed by atoms with van der Waals surface area (Å²) in [6.07, 6.45) is -1.87. The lowest BCUT2D eigenvalue weighted by molar-refractivity contribution is -0.137. The van der Waals surface area contributed by atoms with Crippen LogP contribution in [-0.2, 0) is 16.2 Å². The van der Waals surface area contributed by atoms with Crippen LogP contribution >= 0.6 is 11.6 Å². The molecule has 0 amide bonds. The van der Waals surface area contributed by atoms with E-state index in [1.54, 1.807) is 0 Å². The number of hydrogen-bond acceptors (Lipinski definition) is 6. The van der Waals surface area contributed by atoms with Crippen molar-refractivity contribution in [1.29, 1.82) is 0 Å². The summed E-state index contributed by atoms with van der Waals surface area (Å²) in [6, 6.07) is 4.74. The molecule has 30 heavy (non-hydrogen) atoms. The normalized spacial score (nSPS) is 16.4. The van der Waals surface area contributed by atoms with Gasteiger partial charge in [-0.3, -0.25) is 0 Å². The molecule has 1 fully saturated rings. The molecule has 3 aromatic rings. The fourth-order valence-corrected chi connectivity index (χ4v) is 4.33. The first-order valence-corrected chi connectivity index (χ1v) is 11.1. The van der Waals surface area contributed by atoms with E-state index >= 15 is 0 Å². The van der Waals surface area contributed by atoms with Crippen molar-refractivity contribution in [3.8, 4) is 5.69 Å². The van der Waals surface area contributed by atoms with E-state index in [0.717, 1.165) is 18.4 Å². The third kappa shape index (κ3) is 3.94. The predicted molar refractivity (Wildman–Crippen MR) is 105 cm³/mol. The summed E-state index contributed by atoms with van der Waals surface area (Å²) >= 11 is 6.09. The molecule has 1 aliphatic rings. The van der Waals surface area contributed by atoms with Gasteiger partial charge in [-0.15, -0.1) is 0 Å². The molecule has 0 radical (unpaired) electrons. The minimum Gasteiger partial charge on any atom is -0.353 e.